The SMILES string of the molecule is CS(=O)(=S)OCCC(=O)Nc1ccc2c(c1)C(=O)OC21c2ccc(O)cc2Oc2cc(O)ccc21. The Morgan fingerprint density at radius 3 is 2.23 bits per heavy atom. The summed E-state index contributed by atoms with van der Waals surface area (Å²) in [6.07, 6.45) is 1.19. The van der Waals surface area contributed by atoms with Crippen molar-refractivity contribution in [3.8, 4) is 23.0 Å². The van der Waals surface area contributed by atoms with Crippen molar-refractivity contribution >= 4 is 37.5 Å². The van der Waals surface area contributed by atoms with Gasteiger partial charge in [-0.25, -0.2) is 9.00 Å². The Balaban J connectivity index is 1.54. The third-order valence-corrected chi connectivity index (χ3v) is 6.57. The first kappa shape index (κ1) is 23.1. The van der Waals surface area contributed by atoms with Crippen LogP contribution in [0.4, 0.5) is 5.69 Å². The summed E-state index contributed by atoms with van der Waals surface area (Å²) in [6.45, 7) is -0.103. The van der Waals surface area contributed by atoms with Gasteiger partial charge in [0.25, 0.3) is 0 Å². The van der Waals surface area contributed by atoms with Crippen molar-refractivity contribution in [2.75, 3.05) is 18.2 Å². The molecule has 3 N–H and O–H groups in total. The number of ether oxygens (including phenoxy) is 2. The van der Waals surface area contributed by atoms with E-state index in [0.717, 1.165) is 0 Å². The second kappa shape index (κ2) is 8.22. The van der Waals surface area contributed by atoms with Gasteiger partial charge in [0, 0.05) is 52.0 Å². The summed E-state index contributed by atoms with van der Waals surface area (Å²) in [5.41, 5.74) is 0.743. The lowest BCUT2D eigenvalue weighted by molar-refractivity contribution is -0.116. The molecular weight excluding hydrogens is 494 g/mol. The molecule has 3 aromatic carbocycles. The predicted molar refractivity (Wildman–Crippen MR) is 129 cm³/mol. The number of nitrogens with one attached hydrogen (secondary N) is 1. The zero-order valence-corrected chi connectivity index (χ0v) is 19.9. The molecule has 1 atom stereocenters. The molecule has 1 amide bonds. The molecule has 11 heteroatoms. The number of phenols is 2. The molecule has 0 radical (unpaired) electrons. The maximum Gasteiger partial charge on any atom is 0.340 e. The van der Waals surface area contributed by atoms with Gasteiger partial charge in [-0.1, -0.05) is 6.07 Å². The molecule has 2 aliphatic heterocycles. The van der Waals surface area contributed by atoms with Gasteiger partial charge in [-0.3, -0.25) is 8.98 Å². The molecule has 35 heavy (non-hydrogen) atoms. The number of rotatable bonds is 5. The summed E-state index contributed by atoms with van der Waals surface area (Å²) in [6, 6.07) is 13.8. The van der Waals surface area contributed by atoms with Gasteiger partial charge < -0.3 is 25.0 Å². The van der Waals surface area contributed by atoms with E-state index in [2.05, 4.69) is 16.5 Å². The number of carbonyl (C=O) groups excluding carboxylic acids is 2. The minimum Gasteiger partial charge on any atom is -0.508 e. The van der Waals surface area contributed by atoms with Crippen LogP contribution in [0.3, 0.4) is 0 Å². The van der Waals surface area contributed by atoms with Gasteiger partial charge in [0.15, 0.2) is 5.60 Å². The zero-order chi connectivity index (χ0) is 25.0. The van der Waals surface area contributed by atoms with Gasteiger partial charge >= 0.3 is 5.97 Å². The fraction of sp³-hybridized carbons (Fsp3) is 0.167. The van der Waals surface area contributed by atoms with Crippen molar-refractivity contribution in [3.05, 3.63) is 76.9 Å². The van der Waals surface area contributed by atoms with Gasteiger partial charge in [-0.05, 0) is 36.4 Å². The summed E-state index contributed by atoms with van der Waals surface area (Å²) in [7, 11) is -2.83. The van der Waals surface area contributed by atoms with Crippen molar-refractivity contribution in [1.29, 1.82) is 0 Å². The number of benzene rings is 3. The number of esters is 1. The molecule has 0 aliphatic carbocycles. The average Bonchev–Trinajstić information content (AvgIpc) is 3.05. The van der Waals surface area contributed by atoms with E-state index < -0.39 is 26.3 Å². The van der Waals surface area contributed by atoms with Crippen LogP contribution in [-0.4, -0.2) is 39.2 Å². The van der Waals surface area contributed by atoms with Crippen molar-refractivity contribution in [2.45, 2.75) is 12.0 Å². The predicted octanol–water partition coefficient (Wildman–Crippen LogP) is 3.30. The van der Waals surface area contributed by atoms with Gasteiger partial charge in [0.05, 0.1) is 18.6 Å². The normalized spacial score (nSPS) is 16.3. The maximum atomic E-state index is 13.1. The Hall–Kier alpha value is -3.67. The molecule has 9 nitrogen and oxygen atoms in total. The fourth-order valence-corrected chi connectivity index (χ4v) is 4.88. The van der Waals surface area contributed by atoms with E-state index in [-0.39, 0.29) is 41.6 Å². The van der Waals surface area contributed by atoms with Gasteiger partial charge in [0.1, 0.15) is 31.8 Å². The Bertz CT molecular complexity index is 1450. The zero-order valence-electron chi connectivity index (χ0n) is 18.3. The second-order valence-electron chi connectivity index (χ2n) is 8.12. The third kappa shape index (κ3) is 4.07. The van der Waals surface area contributed by atoms with E-state index >= 15 is 0 Å². The molecule has 180 valence electrons. The minimum absolute atomic E-state index is 0.0379. The molecular formula is C24H19NO8S2. The highest BCUT2D eigenvalue weighted by atomic mass is 32.8. The van der Waals surface area contributed by atoms with Crippen LogP contribution in [0.15, 0.2) is 54.6 Å². The van der Waals surface area contributed by atoms with E-state index in [0.29, 0.717) is 22.4 Å². The Morgan fingerprint density at radius 1 is 1.03 bits per heavy atom. The molecule has 5 rings (SSSR count). The van der Waals surface area contributed by atoms with Crippen LogP contribution in [0.2, 0.25) is 0 Å². The van der Waals surface area contributed by atoms with E-state index in [4.69, 9.17) is 13.7 Å². The Morgan fingerprint density at radius 2 is 1.63 bits per heavy atom. The van der Waals surface area contributed by atoms with Gasteiger partial charge in [-0.2, -0.15) is 0 Å². The summed E-state index contributed by atoms with van der Waals surface area (Å²) < 4.78 is 28.3. The number of aromatic hydroxyl groups is 2. The van der Waals surface area contributed by atoms with Crippen LogP contribution in [0, 0.1) is 0 Å². The molecule has 0 saturated carbocycles. The van der Waals surface area contributed by atoms with E-state index in [1.807, 2.05) is 0 Å². The molecule has 2 heterocycles. The largest absolute Gasteiger partial charge is 0.508 e. The van der Waals surface area contributed by atoms with Crippen molar-refractivity contribution < 1.29 is 37.7 Å². The lowest BCUT2D eigenvalue weighted by Crippen LogP contribution is -2.32. The molecule has 2 aliphatic rings. The van der Waals surface area contributed by atoms with Crippen molar-refractivity contribution in [2.24, 2.45) is 0 Å². The minimum atomic E-state index is -2.83. The third-order valence-electron chi connectivity index (χ3n) is 5.68. The molecule has 0 fully saturated rings. The molecule has 1 spiro atoms. The monoisotopic (exact) mass is 513 g/mol. The topological polar surface area (TPSA) is 131 Å². The van der Waals surface area contributed by atoms with Gasteiger partial charge in [0.2, 0.25) is 5.91 Å². The van der Waals surface area contributed by atoms with Crippen LogP contribution in [0.5, 0.6) is 23.0 Å². The lowest BCUT2D eigenvalue weighted by atomic mass is 9.77. The number of hydrogen-bond donors (Lipinski definition) is 3. The quantitative estimate of drug-likeness (QED) is 0.440. The highest BCUT2D eigenvalue weighted by Gasteiger charge is 2.53. The summed E-state index contributed by atoms with van der Waals surface area (Å²) in [5, 5.41) is 22.7. The number of hydrogen-bond acceptors (Lipinski definition) is 9. The Kier molecular flexibility index (Phi) is 5.42. The molecule has 0 saturated heterocycles. The van der Waals surface area contributed by atoms with Crippen LogP contribution in [0.1, 0.15) is 33.5 Å². The van der Waals surface area contributed by atoms with Crippen molar-refractivity contribution in [3.63, 3.8) is 0 Å². The highest BCUT2D eigenvalue weighted by molar-refractivity contribution is 8.29. The first-order valence-electron chi connectivity index (χ1n) is 10.4. The first-order valence-corrected chi connectivity index (χ1v) is 13.3. The summed E-state index contributed by atoms with van der Waals surface area (Å²) in [4.78, 5) is 25.3. The lowest BCUT2D eigenvalue weighted by Gasteiger charge is -2.36. The standard InChI is InChI=1S/C24H19NO8S2/c1-35(30,34)31-9-8-22(28)25-13-2-5-17-16(10-13)23(29)33-24(17)18-6-3-14(26)11-20(18)32-21-12-15(27)4-7-19(21)24/h2-7,10-12,26-27H,8-9H2,1H3,(H,25,28). The smallest absolute Gasteiger partial charge is 0.340 e. The number of amides is 1. The molecule has 0 bridgehead atoms. The van der Waals surface area contributed by atoms with Crippen LogP contribution in [0.25, 0.3) is 0 Å². The van der Waals surface area contributed by atoms with Crippen LogP contribution >= 0.6 is 0 Å². The van der Waals surface area contributed by atoms with Crippen LogP contribution < -0.4 is 10.1 Å². The molecule has 0 aromatic heterocycles. The van der Waals surface area contributed by atoms with Gasteiger partial charge in [-0.15, -0.1) is 0 Å². The summed E-state index contributed by atoms with van der Waals surface area (Å²) >= 11 is 4.65. The Labute approximate surface area is 205 Å². The number of fused-ring (bicyclic) bond motifs is 6. The molecule has 3 aromatic rings. The highest BCUT2D eigenvalue weighted by Crippen LogP contribution is 2.57. The fourth-order valence-electron chi connectivity index (χ4n) is 4.29. The average molecular weight is 514 g/mol. The van der Waals surface area contributed by atoms with Crippen molar-refractivity contribution in [1.82, 2.24) is 0 Å². The first-order chi connectivity index (χ1) is 16.6. The van der Waals surface area contributed by atoms with E-state index in [9.17, 15) is 24.0 Å². The van der Waals surface area contributed by atoms with Crippen LogP contribution in [-0.2, 0) is 39.3 Å². The molecule has 1 unspecified atom stereocenters. The number of anilines is 1. The second-order valence-corrected chi connectivity index (χ2v) is 11.6. The number of carbonyl (C=O) groups is 2. The summed E-state index contributed by atoms with van der Waals surface area (Å²) in [5.74, 6) is -0.549. The van der Waals surface area contributed by atoms with E-state index in [1.54, 1.807) is 24.3 Å². The number of phenolic OH excluding ortho intramolecular Hbond substituents is 2. The maximum absolute atomic E-state index is 13.1. The van der Waals surface area contributed by atoms with E-state index in [1.165, 1.54) is 36.6 Å².